The van der Waals surface area contributed by atoms with Gasteiger partial charge in [-0.05, 0) is 19.1 Å². The van der Waals surface area contributed by atoms with Crippen molar-refractivity contribution in [3.05, 3.63) is 30.1 Å². The molecule has 6 heteroatoms. The zero-order chi connectivity index (χ0) is 13.8. The molecule has 2 aromatic rings. The third-order valence-electron chi connectivity index (χ3n) is 2.55. The Morgan fingerprint density at radius 1 is 1.42 bits per heavy atom. The molecule has 2 rings (SSSR count). The van der Waals surface area contributed by atoms with E-state index in [0.717, 1.165) is 11.3 Å². The fourth-order valence-corrected chi connectivity index (χ4v) is 1.68. The number of aromatic nitrogens is 3. The molecule has 0 aliphatic carbocycles. The van der Waals surface area contributed by atoms with Crippen LogP contribution >= 0.6 is 0 Å². The Morgan fingerprint density at radius 3 is 2.89 bits per heavy atom. The van der Waals surface area contributed by atoms with E-state index in [1.807, 2.05) is 24.3 Å². The van der Waals surface area contributed by atoms with Crippen LogP contribution in [0, 0.1) is 0 Å². The first kappa shape index (κ1) is 13.1. The predicted molar refractivity (Wildman–Crippen MR) is 68.9 cm³/mol. The Morgan fingerprint density at radius 2 is 2.21 bits per heavy atom. The molecule has 100 valence electrons. The van der Waals surface area contributed by atoms with Gasteiger partial charge in [0.2, 0.25) is 0 Å². The third-order valence-corrected chi connectivity index (χ3v) is 2.55. The number of methoxy groups -OCH3 is 1. The van der Waals surface area contributed by atoms with Crippen molar-refractivity contribution in [1.29, 1.82) is 0 Å². The second-order valence-corrected chi connectivity index (χ2v) is 3.84. The van der Waals surface area contributed by atoms with Crippen LogP contribution in [0.2, 0.25) is 0 Å². The van der Waals surface area contributed by atoms with Crippen LogP contribution in [0.5, 0.6) is 5.75 Å². The van der Waals surface area contributed by atoms with Gasteiger partial charge in [0.1, 0.15) is 5.75 Å². The lowest BCUT2D eigenvalue weighted by molar-refractivity contribution is 0.0512. The Hall–Kier alpha value is -2.37. The van der Waals surface area contributed by atoms with E-state index in [1.165, 1.54) is 0 Å². The second-order valence-electron chi connectivity index (χ2n) is 3.84. The molecule has 0 amide bonds. The van der Waals surface area contributed by atoms with Gasteiger partial charge < -0.3 is 9.47 Å². The lowest BCUT2D eigenvalue weighted by Gasteiger charge is -2.03. The molecule has 0 bridgehead atoms. The first-order valence-corrected chi connectivity index (χ1v) is 5.88. The minimum absolute atomic E-state index is 0.0576. The summed E-state index contributed by atoms with van der Waals surface area (Å²) < 4.78 is 11.6. The van der Waals surface area contributed by atoms with Crippen LogP contribution in [0.4, 0.5) is 0 Å². The molecular formula is C13H15N3O3. The summed E-state index contributed by atoms with van der Waals surface area (Å²) >= 11 is 0. The van der Waals surface area contributed by atoms with Gasteiger partial charge in [-0.3, -0.25) is 0 Å². The molecule has 0 aliphatic rings. The summed E-state index contributed by atoms with van der Waals surface area (Å²) in [6.07, 6.45) is 0. The van der Waals surface area contributed by atoms with Gasteiger partial charge in [0.05, 0.1) is 13.7 Å². The number of hydrogen-bond donors (Lipinski definition) is 0. The van der Waals surface area contributed by atoms with Crippen LogP contribution in [-0.4, -0.2) is 34.5 Å². The molecule has 19 heavy (non-hydrogen) atoms. The molecule has 0 atom stereocenters. The summed E-state index contributed by atoms with van der Waals surface area (Å²) in [6, 6.07) is 7.40. The summed E-state index contributed by atoms with van der Waals surface area (Å²) in [5.41, 5.74) is 0.824. The van der Waals surface area contributed by atoms with Gasteiger partial charge in [-0.25, -0.2) is 14.5 Å². The predicted octanol–water partition coefficient (Wildman–Crippen LogP) is 1.67. The molecule has 0 unspecified atom stereocenters. The van der Waals surface area contributed by atoms with Crippen molar-refractivity contribution in [2.24, 2.45) is 7.05 Å². The minimum atomic E-state index is -0.521. The van der Waals surface area contributed by atoms with Crippen LogP contribution < -0.4 is 4.74 Å². The standard InChI is InChI=1S/C13H15N3O3/c1-4-19-13(17)11-14-12(16(2)15-11)9-6-5-7-10(8-9)18-3/h5-8H,4H2,1-3H3. The van der Waals surface area contributed by atoms with Gasteiger partial charge in [0.15, 0.2) is 5.82 Å². The second kappa shape index (κ2) is 5.51. The Bertz CT molecular complexity index is 593. The fourth-order valence-electron chi connectivity index (χ4n) is 1.68. The smallest absolute Gasteiger partial charge is 0.378 e. The van der Waals surface area contributed by atoms with Crippen LogP contribution in [0.15, 0.2) is 24.3 Å². The van der Waals surface area contributed by atoms with Gasteiger partial charge in [-0.15, -0.1) is 5.10 Å². The molecule has 0 spiro atoms. The number of rotatable bonds is 4. The van der Waals surface area contributed by atoms with Gasteiger partial charge in [0, 0.05) is 12.6 Å². The van der Waals surface area contributed by atoms with Crippen LogP contribution in [0.1, 0.15) is 17.5 Å². The van der Waals surface area contributed by atoms with Crippen molar-refractivity contribution in [1.82, 2.24) is 14.8 Å². The van der Waals surface area contributed by atoms with Gasteiger partial charge in [-0.2, -0.15) is 0 Å². The quantitative estimate of drug-likeness (QED) is 0.783. The number of hydrogen-bond acceptors (Lipinski definition) is 5. The van der Waals surface area contributed by atoms with E-state index in [0.29, 0.717) is 12.4 Å². The Kier molecular flexibility index (Phi) is 3.79. The fraction of sp³-hybridized carbons (Fsp3) is 0.308. The van der Waals surface area contributed by atoms with E-state index in [-0.39, 0.29) is 5.82 Å². The van der Waals surface area contributed by atoms with Crippen LogP contribution in [-0.2, 0) is 11.8 Å². The van der Waals surface area contributed by atoms with Crippen molar-refractivity contribution in [2.45, 2.75) is 6.92 Å². The maximum absolute atomic E-state index is 11.6. The van der Waals surface area contributed by atoms with E-state index in [2.05, 4.69) is 10.1 Å². The molecule has 0 N–H and O–H groups in total. The highest BCUT2D eigenvalue weighted by Gasteiger charge is 2.16. The van der Waals surface area contributed by atoms with E-state index in [1.54, 1.807) is 25.8 Å². The SMILES string of the molecule is CCOC(=O)c1nc(-c2cccc(OC)c2)n(C)n1. The van der Waals surface area contributed by atoms with E-state index < -0.39 is 5.97 Å². The third kappa shape index (κ3) is 2.73. The van der Waals surface area contributed by atoms with Crippen LogP contribution in [0.3, 0.4) is 0 Å². The highest BCUT2D eigenvalue weighted by Crippen LogP contribution is 2.21. The highest BCUT2D eigenvalue weighted by molar-refractivity contribution is 5.85. The Balaban J connectivity index is 2.37. The molecule has 0 fully saturated rings. The maximum atomic E-state index is 11.6. The van der Waals surface area contributed by atoms with Crippen LogP contribution in [0.25, 0.3) is 11.4 Å². The van der Waals surface area contributed by atoms with Crippen molar-refractivity contribution >= 4 is 5.97 Å². The van der Waals surface area contributed by atoms with Crippen molar-refractivity contribution in [3.8, 4) is 17.1 Å². The summed E-state index contributed by atoms with van der Waals surface area (Å²) in [6.45, 7) is 2.04. The summed E-state index contributed by atoms with van der Waals surface area (Å²) in [4.78, 5) is 15.8. The average molecular weight is 261 g/mol. The number of aryl methyl sites for hydroxylation is 1. The minimum Gasteiger partial charge on any atom is -0.497 e. The number of nitrogens with zero attached hydrogens (tertiary/aromatic N) is 3. The largest absolute Gasteiger partial charge is 0.497 e. The molecule has 1 aromatic heterocycles. The molecular weight excluding hydrogens is 246 g/mol. The van der Waals surface area contributed by atoms with Crippen molar-refractivity contribution < 1.29 is 14.3 Å². The zero-order valence-corrected chi connectivity index (χ0v) is 11.1. The summed E-state index contributed by atoms with van der Waals surface area (Å²) in [5.74, 6) is 0.842. The molecule has 0 radical (unpaired) electrons. The number of carbonyl (C=O) groups excluding carboxylic acids is 1. The van der Waals surface area contributed by atoms with Crippen molar-refractivity contribution in [2.75, 3.05) is 13.7 Å². The lowest BCUT2D eigenvalue weighted by Crippen LogP contribution is -2.07. The van der Waals surface area contributed by atoms with Gasteiger partial charge in [0.25, 0.3) is 5.82 Å². The summed E-state index contributed by atoms with van der Waals surface area (Å²) in [7, 11) is 3.32. The highest BCUT2D eigenvalue weighted by atomic mass is 16.5. The average Bonchev–Trinajstić information content (AvgIpc) is 2.81. The number of benzene rings is 1. The summed E-state index contributed by atoms with van der Waals surface area (Å²) in [5, 5.41) is 4.05. The zero-order valence-electron chi connectivity index (χ0n) is 11.1. The molecule has 1 aromatic carbocycles. The van der Waals surface area contributed by atoms with Gasteiger partial charge >= 0.3 is 5.97 Å². The maximum Gasteiger partial charge on any atom is 0.378 e. The first-order valence-electron chi connectivity index (χ1n) is 5.88. The molecule has 0 saturated carbocycles. The first-order chi connectivity index (χ1) is 9.15. The molecule has 0 aliphatic heterocycles. The molecule has 6 nitrogen and oxygen atoms in total. The molecule has 1 heterocycles. The van der Waals surface area contributed by atoms with E-state index in [9.17, 15) is 4.79 Å². The number of esters is 1. The monoisotopic (exact) mass is 261 g/mol. The van der Waals surface area contributed by atoms with Crippen molar-refractivity contribution in [3.63, 3.8) is 0 Å². The van der Waals surface area contributed by atoms with Gasteiger partial charge in [-0.1, -0.05) is 12.1 Å². The topological polar surface area (TPSA) is 66.2 Å². The van der Waals surface area contributed by atoms with E-state index >= 15 is 0 Å². The normalized spacial score (nSPS) is 10.3. The Labute approximate surface area is 111 Å². The number of ether oxygens (including phenoxy) is 2. The number of carbonyl (C=O) groups is 1. The lowest BCUT2D eigenvalue weighted by atomic mass is 10.2. The molecule has 0 saturated heterocycles. The van der Waals surface area contributed by atoms with E-state index in [4.69, 9.17) is 9.47 Å².